The van der Waals surface area contributed by atoms with Crippen LogP contribution in [-0.2, 0) is 0 Å². The van der Waals surface area contributed by atoms with Gasteiger partial charge in [-0.2, -0.15) is 9.61 Å². The highest BCUT2D eigenvalue weighted by atomic mass is 35.5. The van der Waals surface area contributed by atoms with E-state index in [1.807, 2.05) is 42.7 Å². The maximum Gasteiger partial charge on any atom is 0.212 e. The molecule has 0 N–H and O–H groups in total. The monoisotopic (exact) mass is 276 g/mol. The molecule has 0 aliphatic carbocycles. The van der Waals surface area contributed by atoms with Crippen molar-refractivity contribution in [3.63, 3.8) is 0 Å². The first kappa shape index (κ1) is 11.5. The van der Waals surface area contributed by atoms with E-state index in [9.17, 15) is 0 Å². The molecule has 6 heteroatoms. The average Bonchev–Trinajstić information content (AvgIpc) is 2.80. The van der Waals surface area contributed by atoms with E-state index in [0.29, 0.717) is 10.8 Å². The van der Waals surface area contributed by atoms with Gasteiger partial charge >= 0.3 is 0 Å². The maximum absolute atomic E-state index is 6.23. The van der Waals surface area contributed by atoms with E-state index >= 15 is 0 Å². The molecule has 4 nitrogen and oxygen atoms in total. The minimum absolute atomic E-state index is 0.448. The van der Waals surface area contributed by atoms with Crippen LogP contribution in [0.5, 0.6) is 0 Å². The summed E-state index contributed by atoms with van der Waals surface area (Å²) in [4.78, 5) is 0. The third kappa shape index (κ3) is 1.85. The predicted octanol–water partition coefficient (Wildman–Crippen LogP) is 3.17. The van der Waals surface area contributed by atoms with Gasteiger partial charge in [0.25, 0.3) is 0 Å². The molecule has 0 unspecified atom stereocenters. The molecule has 0 saturated carbocycles. The lowest BCUT2D eigenvalue weighted by Gasteiger charge is -2.04. The molecule has 0 atom stereocenters. The van der Waals surface area contributed by atoms with E-state index < -0.39 is 0 Å². The van der Waals surface area contributed by atoms with E-state index in [-0.39, 0.29) is 0 Å². The number of fused-ring (bicyclic) bond motifs is 1. The molecule has 2 heterocycles. The van der Waals surface area contributed by atoms with Gasteiger partial charge in [0.2, 0.25) is 5.16 Å². The van der Waals surface area contributed by atoms with Crippen molar-refractivity contribution >= 4 is 29.0 Å². The highest BCUT2D eigenvalue weighted by Crippen LogP contribution is 2.27. The first-order valence-electron chi connectivity index (χ1n) is 5.31. The van der Waals surface area contributed by atoms with Gasteiger partial charge in [0.05, 0.1) is 0 Å². The first-order valence-corrected chi connectivity index (χ1v) is 6.91. The molecule has 3 rings (SSSR count). The number of benzene rings is 1. The second-order valence-electron chi connectivity index (χ2n) is 3.67. The van der Waals surface area contributed by atoms with Crippen LogP contribution in [0.2, 0.25) is 5.15 Å². The van der Waals surface area contributed by atoms with Gasteiger partial charge in [-0.3, -0.25) is 0 Å². The second kappa shape index (κ2) is 4.59. The number of hydrogen-bond donors (Lipinski definition) is 0. The molecule has 0 fully saturated rings. The Morgan fingerprint density at radius 1 is 1.17 bits per heavy atom. The fourth-order valence-electron chi connectivity index (χ4n) is 1.74. The first-order chi connectivity index (χ1) is 8.79. The molecule has 0 spiro atoms. The van der Waals surface area contributed by atoms with E-state index in [1.54, 1.807) is 4.52 Å². The zero-order chi connectivity index (χ0) is 12.5. The Labute approximate surface area is 113 Å². The Hall–Kier alpha value is -1.59. The van der Waals surface area contributed by atoms with Crippen LogP contribution in [0.4, 0.5) is 0 Å². The highest BCUT2D eigenvalue weighted by molar-refractivity contribution is 7.98. The minimum Gasteiger partial charge on any atom is -0.186 e. The Kier molecular flexibility index (Phi) is 2.93. The summed E-state index contributed by atoms with van der Waals surface area (Å²) < 4.78 is 1.65. The summed E-state index contributed by atoms with van der Waals surface area (Å²) >= 11 is 7.71. The van der Waals surface area contributed by atoms with Crippen LogP contribution in [-0.4, -0.2) is 26.1 Å². The molecule has 0 radical (unpaired) electrons. The molecule has 0 bridgehead atoms. The third-order valence-corrected chi connectivity index (χ3v) is 3.49. The molecule has 0 aliphatic heterocycles. The van der Waals surface area contributed by atoms with E-state index in [0.717, 1.165) is 16.3 Å². The number of hydrogen-bond acceptors (Lipinski definition) is 4. The molecule has 1 aromatic carbocycles. The van der Waals surface area contributed by atoms with Crippen molar-refractivity contribution in [1.29, 1.82) is 0 Å². The van der Waals surface area contributed by atoms with Crippen LogP contribution >= 0.6 is 23.4 Å². The van der Waals surface area contributed by atoms with Crippen molar-refractivity contribution in [2.24, 2.45) is 0 Å². The van der Waals surface area contributed by atoms with Gasteiger partial charge in [-0.25, -0.2) is 0 Å². The molecule has 90 valence electrons. The standard InChI is InChI=1S/C12H9ClN4S/c1-18-12-15-14-10-7-9(11(13)16-17(10)12)8-5-3-2-4-6-8/h2-7H,1H3. The summed E-state index contributed by atoms with van der Waals surface area (Å²) in [6.07, 6.45) is 1.93. The van der Waals surface area contributed by atoms with E-state index in [1.165, 1.54) is 11.8 Å². The number of halogens is 1. The van der Waals surface area contributed by atoms with Crippen LogP contribution in [0.25, 0.3) is 16.8 Å². The quantitative estimate of drug-likeness (QED) is 0.674. The molecule has 2 aromatic heterocycles. The van der Waals surface area contributed by atoms with E-state index in [2.05, 4.69) is 15.3 Å². The molecular formula is C12H9ClN4S. The topological polar surface area (TPSA) is 43.1 Å². The van der Waals surface area contributed by atoms with E-state index in [4.69, 9.17) is 11.6 Å². The largest absolute Gasteiger partial charge is 0.212 e. The summed E-state index contributed by atoms with van der Waals surface area (Å²) in [6, 6.07) is 11.8. The number of aromatic nitrogens is 4. The average molecular weight is 277 g/mol. The normalized spacial score (nSPS) is 11.0. The van der Waals surface area contributed by atoms with Crippen LogP contribution < -0.4 is 0 Å². The van der Waals surface area contributed by atoms with Gasteiger partial charge in [0.1, 0.15) is 0 Å². The number of rotatable bonds is 2. The van der Waals surface area contributed by atoms with Gasteiger partial charge in [-0.1, -0.05) is 53.7 Å². The highest BCUT2D eigenvalue weighted by Gasteiger charge is 2.11. The Bertz CT molecular complexity index is 696. The molecule has 0 amide bonds. The second-order valence-corrected chi connectivity index (χ2v) is 4.80. The van der Waals surface area contributed by atoms with Gasteiger partial charge < -0.3 is 0 Å². The van der Waals surface area contributed by atoms with Crippen molar-refractivity contribution in [1.82, 2.24) is 19.8 Å². The van der Waals surface area contributed by atoms with Crippen LogP contribution in [0, 0.1) is 0 Å². The summed E-state index contributed by atoms with van der Waals surface area (Å²) in [5, 5.41) is 13.6. The van der Waals surface area contributed by atoms with Crippen molar-refractivity contribution in [2.45, 2.75) is 5.16 Å². The fraction of sp³-hybridized carbons (Fsp3) is 0.0833. The van der Waals surface area contributed by atoms with Crippen LogP contribution in [0.3, 0.4) is 0 Å². The lowest BCUT2D eigenvalue weighted by Crippen LogP contribution is -1.96. The predicted molar refractivity (Wildman–Crippen MR) is 73.0 cm³/mol. The SMILES string of the molecule is CSc1nnc2cc(-c3ccccc3)c(Cl)nn12. The Balaban J connectivity index is 2.23. The Morgan fingerprint density at radius 2 is 1.94 bits per heavy atom. The fourth-order valence-corrected chi connectivity index (χ4v) is 2.41. The van der Waals surface area contributed by atoms with Crippen LogP contribution in [0.15, 0.2) is 41.6 Å². The molecule has 0 saturated heterocycles. The third-order valence-electron chi connectivity index (χ3n) is 2.59. The van der Waals surface area contributed by atoms with Gasteiger partial charge in [-0.15, -0.1) is 10.2 Å². The summed E-state index contributed by atoms with van der Waals surface area (Å²) in [6.45, 7) is 0. The summed E-state index contributed by atoms with van der Waals surface area (Å²) in [5.41, 5.74) is 2.58. The van der Waals surface area contributed by atoms with Crippen molar-refractivity contribution in [2.75, 3.05) is 6.26 Å². The van der Waals surface area contributed by atoms with Crippen molar-refractivity contribution < 1.29 is 0 Å². The molecule has 0 aliphatic rings. The van der Waals surface area contributed by atoms with Gasteiger partial charge in [0, 0.05) is 5.56 Å². The van der Waals surface area contributed by atoms with Gasteiger partial charge in [0.15, 0.2) is 10.8 Å². The minimum atomic E-state index is 0.448. The smallest absolute Gasteiger partial charge is 0.186 e. The number of nitrogens with zero attached hydrogens (tertiary/aromatic N) is 4. The van der Waals surface area contributed by atoms with Crippen molar-refractivity contribution in [3.8, 4) is 11.1 Å². The summed E-state index contributed by atoms with van der Waals surface area (Å²) in [5.74, 6) is 0. The lowest BCUT2D eigenvalue weighted by atomic mass is 10.1. The van der Waals surface area contributed by atoms with Gasteiger partial charge in [-0.05, 0) is 17.9 Å². The van der Waals surface area contributed by atoms with Crippen LogP contribution in [0.1, 0.15) is 0 Å². The molecule has 18 heavy (non-hydrogen) atoms. The zero-order valence-corrected chi connectivity index (χ0v) is 11.1. The summed E-state index contributed by atoms with van der Waals surface area (Å²) in [7, 11) is 0. The zero-order valence-electron chi connectivity index (χ0n) is 9.54. The molecular weight excluding hydrogens is 268 g/mol. The number of thioether (sulfide) groups is 1. The maximum atomic E-state index is 6.23. The lowest BCUT2D eigenvalue weighted by molar-refractivity contribution is 0.811. The molecule has 3 aromatic rings. The Morgan fingerprint density at radius 3 is 2.67 bits per heavy atom. The van der Waals surface area contributed by atoms with Crippen molar-refractivity contribution in [3.05, 3.63) is 41.6 Å².